The first-order chi connectivity index (χ1) is 17.1. The van der Waals surface area contributed by atoms with Gasteiger partial charge in [0.15, 0.2) is 0 Å². The maximum Gasteiger partial charge on any atom is 0.423 e. The fourth-order valence-electron chi connectivity index (χ4n) is 2.15. The average molecular weight is 519 g/mol. The molecule has 0 spiro atoms. The highest BCUT2D eigenvalue weighted by Gasteiger charge is 2.30. The zero-order chi connectivity index (χ0) is 27.9. The minimum absolute atomic E-state index is 0.193. The van der Waals surface area contributed by atoms with Crippen molar-refractivity contribution in [1.82, 2.24) is 9.80 Å². The molecule has 0 aromatic rings. The summed E-state index contributed by atoms with van der Waals surface area (Å²) in [6.07, 6.45) is 5.76. The van der Waals surface area contributed by atoms with E-state index in [9.17, 15) is 28.8 Å². The third-order valence-electron chi connectivity index (χ3n) is 3.82. The van der Waals surface area contributed by atoms with Crippen LogP contribution in [0.5, 0.6) is 0 Å². The topological polar surface area (TPSA) is 207 Å². The van der Waals surface area contributed by atoms with Crippen molar-refractivity contribution in [3.8, 4) is 0 Å². The SMILES string of the molecule is COC(=O)N1C(=O)C=CC1=O.COC(N)=O.COCCCCCN1C(=O)C=CC1=O.COCOCN. The van der Waals surface area contributed by atoms with Crippen molar-refractivity contribution in [1.29, 1.82) is 0 Å². The number of rotatable bonds is 9. The lowest BCUT2D eigenvalue weighted by Gasteiger charge is -2.12. The number of methoxy groups -OCH3 is 4. The molecule has 2 aliphatic rings. The molecule has 0 aliphatic carbocycles. The lowest BCUT2D eigenvalue weighted by Crippen LogP contribution is -2.35. The number of ether oxygens (including phenoxy) is 5. The molecule has 6 amide bonds. The Labute approximate surface area is 208 Å². The van der Waals surface area contributed by atoms with E-state index in [2.05, 4.69) is 24.7 Å². The first kappa shape index (κ1) is 34.5. The zero-order valence-corrected chi connectivity index (χ0v) is 20.8. The van der Waals surface area contributed by atoms with Gasteiger partial charge in [-0.3, -0.25) is 24.1 Å². The molecule has 0 unspecified atom stereocenters. The first-order valence-electron chi connectivity index (χ1n) is 10.4. The van der Waals surface area contributed by atoms with Crippen LogP contribution in [0.3, 0.4) is 0 Å². The summed E-state index contributed by atoms with van der Waals surface area (Å²) in [7, 11) is 5.54. The molecular weight excluding hydrogens is 484 g/mol. The Morgan fingerprint density at radius 3 is 1.64 bits per heavy atom. The molecule has 15 nitrogen and oxygen atoms in total. The van der Waals surface area contributed by atoms with E-state index >= 15 is 0 Å². The predicted molar refractivity (Wildman–Crippen MR) is 124 cm³/mol. The Morgan fingerprint density at radius 2 is 1.28 bits per heavy atom. The van der Waals surface area contributed by atoms with Gasteiger partial charge in [0.2, 0.25) is 0 Å². The summed E-state index contributed by atoms with van der Waals surface area (Å²) in [5.41, 5.74) is 9.34. The molecule has 204 valence electrons. The van der Waals surface area contributed by atoms with Crippen molar-refractivity contribution in [2.45, 2.75) is 19.3 Å². The van der Waals surface area contributed by atoms with Crippen LogP contribution in [0, 0.1) is 0 Å². The highest BCUT2D eigenvalue weighted by atomic mass is 16.7. The second kappa shape index (κ2) is 21.8. The predicted octanol–water partition coefficient (Wildman–Crippen LogP) is -0.359. The summed E-state index contributed by atoms with van der Waals surface area (Å²) < 4.78 is 22.0. The second-order valence-electron chi connectivity index (χ2n) is 6.33. The minimum Gasteiger partial charge on any atom is -0.453 e. The molecule has 0 aromatic carbocycles. The molecule has 0 aromatic heterocycles. The van der Waals surface area contributed by atoms with E-state index in [4.69, 9.17) is 10.5 Å². The summed E-state index contributed by atoms with van der Waals surface area (Å²) in [5.74, 6) is -1.72. The number of unbranched alkanes of at least 4 members (excludes halogenated alkanes) is 2. The van der Waals surface area contributed by atoms with Crippen LogP contribution in [0.4, 0.5) is 9.59 Å². The molecule has 4 N–H and O–H groups in total. The molecule has 2 rings (SSSR count). The van der Waals surface area contributed by atoms with E-state index in [1.165, 1.54) is 24.2 Å². The van der Waals surface area contributed by atoms with Gasteiger partial charge < -0.3 is 35.2 Å². The van der Waals surface area contributed by atoms with Crippen LogP contribution in [0.15, 0.2) is 24.3 Å². The van der Waals surface area contributed by atoms with Crippen molar-refractivity contribution in [3.05, 3.63) is 24.3 Å². The standard InChI is InChI=1S/C10H15NO3.C6H5NO4.C3H9NO2.C2H5NO2/c1-14-8-4-2-3-7-11-9(12)5-6-10(11)13;1-11-6(10)7-4(8)2-3-5(7)9;1-5-3-6-2-4;1-5-2(3)4/h5-6H,2-4,7-8H2,1H3;2-3H,1H3;2-4H2,1H3;1H3,(H2,3,4). The number of imide groups is 4. The van der Waals surface area contributed by atoms with Crippen LogP contribution in [0.25, 0.3) is 0 Å². The van der Waals surface area contributed by atoms with Crippen LogP contribution in [-0.4, -0.2) is 101 Å². The number of primary amides is 1. The van der Waals surface area contributed by atoms with E-state index in [1.54, 1.807) is 14.2 Å². The molecule has 0 atom stereocenters. The van der Waals surface area contributed by atoms with E-state index in [0.29, 0.717) is 11.4 Å². The van der Waals surface area contributed by atoms with E-state index in [1.807, 2.05) is 0 Å². The molecule has 15 heteroatoms. The number of amides is 6. The van der Waals surface area contributed by atoms with Gasteiger partial charge in [-0.25, -0.2) is 9.59 Å². The molecule has 0 saturated heterocycles. The number of hydrogen-bond donors (Lipinski definition) is 2. The summed E-state index contributed by atoms with van der Waals surface area (Å²) >= 11 is 0. The number of carbonyl (C=O) groups is 6. The zero-order valence-electron chi connectivity index (χ0n) is 20.8. The summed E-state index contributed by atoms with van der Waals surface area (Å²) in [4.78, 5) is 65.3. The second-order valence-corrected chi connectivity index (χ2v) is 6.33. The summed E-state index contributed by atoms with van der Waals surface area (Å²) in [5, 5.41) is 0. The normalized spacial score (nSPS) is 13.4. The van der Waals surface area contributed by atoms with E-state index < -0.39 is 24.0 Å². The van der Waals surface area contributed by atoms with Gasteiger partial charge in [0.1, 0.15) is 6.79 Å². The van der Waals surface area contributed by atoms with Crippen LogP contribution < -0.4 is 11.5 Å². The van der Waals surface area contributed by atoms with Crippen LogP contribution in [0.2, 0.25) is 0 Å². The van der Waals surface area contributed by atoms with Crippen molar-refractivity contribution in [3.63, 3.8) is 0 Å². The Kier molecular flexibility index (Phi) is 20.9. The Balaban J connectivity index is 0. The van der Waals surface area contributed by atoms with E-state index in [0.717, 1.165) is 45.1 Å². The Hall–Kier alpha value is -3.66. The van der Waals surface area contributed by atoms with Crippen LogP contribution in [-0.2, 0) is 42.9 Å². The van der Waals surface area contributed by atoms with Crippen molar-refractivity contribution < 1.29 is 52.5 Å². The van der Waals surface area contributed by atoms with Crippen molar-refractivity contribution >= 4 is 35.8 Å². The van der Waals surface area contributed by atoms with Gasteiger partial charge in [-0.1, -0.05) is 0 Å². The number of hydrogen-bond acceptors (Lipinski definition) is 12. The van der Waals surface area contributed by atoms with Crippen molar-refractivity contribution in [2.75, 3.05) is 55.1 Å². The van der Waals surface area contributed by atoms with Gasteiger partial charge in [0.25, 0.3) is 23.6 Å². The monoisotopic (exact) mass is 518 g/mol. The average Bonchev–Trinajstić information content (AvgIpc) is 3.37. The van der Waals surface area contributed by atoms with E-state index in [-0.39, 0.29) is 25.3 Å². The number of nitrogens with two attached hydrogens (primary N) is 2. The van der Waals surface area contributed by atoms with Gasteiger partial charge in [-0.15, -0.1) is 0 Å². The molecular formula is C21H34N4O11. The Morgan fingerprint density at radius 1 is 0.778 bits per heavy atom. The van der Waals surface area contributed by atoms with Crippen molar-refractivity contribution in [2.24, 2.45) is 11.5 Å². The van der Waals surface area contributed by atoms with Gasteiger partial charge in [-0.2, -0.15) is 4.90 Å². The highest BCUT2D eigenvalue weighted by Crippen LogP contribution is 2.06. The quantitative estimate of drug-likeness (QED) is 0.228. The Bertz CT molecular complexity index is 744. The van der Waals surface area contributed by atoms with Gasteiger partial charge in [0, 0.05) is 51.7 Å². The lowest BCUT2D eigenvalue weighted by atomic mass is 10.2. The smallest absolute Gasteiger partial charge is 0.423 e. The molecule has 2 aliphatic heterocycles. The fraction of sp³-hybridized carbons (Fsp3) is 0.524. The molecule has 0 radical (unpaired) electrons. The van der Waals surface area contributed by atoms with Crippen LogP contribution in [0.1, 0.15) is 19.3 Å². The molecule has 36 heavy (non-hydrogen) atoms. The van der Waals surface area contributed by atoms with Crippen LogP contribution >= 0.6 is 0 Å². The van der Waals surface area contributed by atoms with Gasteiger partial charge in [-0.05, 0) is 19.3 Å². The molecule has 0 fully saturated rings. The molecule has 0 bridgehead atoms. The molecule has 2 heterocycles. The third kappa shape index (κ3) is 16.0. The van der Waals surface area contributed by atoms with Gasteiger partial charge in [0.05, 0.1) is 21.0 Å². The first-order valence-corrected chi connectivity index (χ1v) is 10.4. The largest absolute Gasteiger partial charge is 0.453 e. The fourth-order valence-corrected chi connectivity index (χ4v) is 2.15. The summed E-state index contributed by atoms with van der Waals surface area (Å²) in [6.45, 7) is 1.78. The maximum atomic E-state index is 11.1. The number of nitrogens with zero attached hydrogens (tertiary/aromatic N) is 2. The lowest BCUT2D eigenvalue weighted by molar-refractivity contribution is -0.137. The minimum atomic E-state index is -0.954. The number of carbonyl (C=O) groups excluding carboxylic acids is 6. The highest BCUT2D eigenvalue weighted by molar-refractivity contribution is 6.21. The maximum absolute atomic E-state index is 11.1. The summed E-state index contributed by atoms with van der Waals surface area (Å²) in [6, 6.07) is 0. The van der Waals surface area contributed by atoms with Gasteiger partial charge >= 0.3 is 12.2 Å². The third-order valence-corrected chi connectivity index (χ3v) is 3.82. The molecule has 0 saturated carbocycles.